The molecule has 0 atom stereocenters. The van der Waals surface area contributed by atoms with Crippen molar-refractivity contribution in [3.05, 3.63) is 28.2 Å². The van der Waals surface area contributed by atoms with Crippen LogP contribution in [0.5, 0.6) is 5.75 Å². The maximum atomic E-state index is 12.3. The van der Waals surface area contributed by atoms with Gasteiger partial charge in [0.2, 0.25) is 5.91 Å². The van der Waals surface area contributed by atoms with Crippen LogP contribution < -0.4 is 4.74 Å². The van der Waals surface area contributed by atoms with Crippen molar-refractivity contribution in [2.24, 2.45) is 0 Å². The second-order valence-electron chi connectivity index (χ2n) is 5.36. The molecular formula is C16H22BrNO3. The van der Waals surface area contributed by atoms with Gasteiger partial charge in [-0.3, -0.25) is 4.79 Å². The largest absolute Gasteiger partial charge is 0.496 e. The molecule has 1 saturated carbocycles. The van der Waals surface area contributed by atoms with Crippen LogP contribution in [0.15, 0.2) is 22.7 Å². The van der Waals surface area contributed by atoms with E-state index >= 15 is 0 Å². The maximum absolute atomic E-state index is 12.3. The predicted octanol–water partition coefficient (Wildman–Crippen LogP) is 2.76. The topological polar surface area (TPSA) is 49.8 Å². The van der Waals surface area contributed by atoms with E-state index in [4.69, 9.17) is 9.84 Å². The van der Waals surface area contributed by atoms with Crippen LogP contribution in [0.3, 0.4) is 0 Å². The van der Waals surface area contributed by atoms with Crippen LogP contribution in [0.2, 0.25) is 0 Å². The van der Waals surface area contributed by atoms with Crippen molar-refractivity contribution in [1.82, 2.24) is 4.90 Å². The normalized spacial score (nSPS) is 14.6. The molecule has 1 fully saturated rings. The highest BCUT2D eigenvalue weighted by Gasteiger charge is 2.27. The van der Waals surface area contributed by atoms with Gasteiger partial charge >= 0.3 is 0 Å². The van der Waals surface area contributed by atoms with Gasteiger partial charge in [0.15, 0.2) is 0 Å². The Balaban J connectivity index is 1.91. The summed E-state index contributed by atoms with van der Waals surface area (Å²) in [5, 5.41) is 9.12. The van der Waals surface area contributed by atoms with Crippen molar-refractivity contribution in [3.63, 3.8) is 0 Å². The summed E-state index contributed by atoms with van der Waals surface area (Å²) in [6.07, 6.45) is 4.51. The van der Waals surface area contributed by atoms with E-state index in [0.29, 0.717) is 25.4 Å². The third-order valence-corrected chi connectivity index (χ3v) is 4.64. The molecule has 1 aromatic rings. The molecule has 0 saturated heterocycles. The number of hydrogen-bond acceptors (Lipinski definition) is 3. The monoisotopic (exact) mass is 355 g/mol. The van der Waals surface area contributed by atoms with Crippen molar-refractivity contribution in [1.29, 1.82) is 0 Å². The molecule has 0 bridgehead atoms. The minimum Gasteiger partial charge on any atom is -0.496 e. The van der Waals surface area contributed by atoms with Crippen LogP contribution in [-0.2, 0) is 11.2 Å². The Morgan fingerprint density at radius 2 is 2.24 bits per heavy atom. The highest BCUT2D eigenvalue weighted by Crippen LogP contribution is 2.27. The number of halogens is 1. The second kappa shape index (κ2) is 7.80. The van der Waals surface area contributed by atoms with Gasteiger partial charge in [0.05, 0.1) is 18.2 Å². The molecule has 2 rings (SSSR count). The number of benzene rings is 1. The molecule has 0 aromatic heterocycles. The molecule has 0 unspecified atom stereocenters. The number of hydrogen-bond donors (Lipinski definition) is 1. The molecule has 0 aliphatic heterocycles. The van der Waals surface area contributed by atoms with Crippen LogP contribution in [0.1, 0.15) is 31.2 Å². The first-order chi connectivity index (χ1) is 10.2. The first-order valence-electron chi connectivity index (χ1n) is 7.38. The zero-order chi connectivity index (χ0) is 15.2. The Hall–Kier alpha value is -1.07. The standard InChI is InChI=1S/C16H22BrNO3/c1-21-15-7-5-12(11-14(15)17)6-8-16(20)18(9-10-19)13-3-2-4-13/h5,7,11,13,19H,2-4,6,8-10H2,1H3. The number of carbonyl (C=O) groups is 1. The number of amides is 1. The van der Waals surface area contributed by atoms with Gasteiger partial charge < -0.3 is 14.7 Å². The molecule has 1 aliphatic rings. The second-order valence-corrected chi connectivity index (χ2v) is 6.22. The SMILES string of the molecule is COc1ccc(CCC(=O)N(CCO)C2CCC2)cc1Br. The molecular weight excluding hydrogens is 334 g/mol. The lowest BCUT2D eigenvalue weighted by Gasteiger charge is -2.37. The summed E-state index contributed by atoms with van der Waals surface area (Å²) in [7, 11) is 1.63. The van der Waals surface area contributed by atoms with Crippen molar-refractivity contribution in [2.45, 2.75) is 38.1 Å². The number of methoxy groups -OCH3 is 1. The van der Waals surface area contributed by atoms with Crippen LogP contribution >= 0.6 is 15.9 Å². The fraction of sp³-hybridized carbons (Fsp3) is 0.562. The van der Waals surface area contributed by atoms with Gasteiger partial charge in [0, 0.05) is 19.0 Å². The van der Waals surface area contributed by atoms with Crippen molar-refractivity contribution >= 4 is 21.8 Å². The minimum atomic E-state index is 0.0380. The summed E-state index contributed by atoms with van der Waals surface area (Å²) < 4.78 is 6.10. The fourth-order valence-electron chi connectivity index (χ4n) is 2.58. The van der Waals surface area contributed by atoms with E-state index < -0.39 is 0 Å². The Morgan fingerprint density at radius 1 is 1.48 bits per heavy atom. The summed E-state index contributed by atoms with van der Waals surface area (Å²) in [6.45, 7) is 0.492. The third-order valence-electron chi connectivity index (χ3n) is 4.02. The quantitative estimate of drug-likeness (QED) is 0.817. The third kappa shape index (κ3) is 4.20. The molecule has 4 nitrogen and oxygen atoms in total. The van der Waals surface area contributed by atoms with Crippen LogP contribution in [0.25, 0.3) is 0 Å². The lowest BCUT2D eigenvalue weighted by molar-refractivity contribution is -0.135. The first-order valence-corrected chi connectivity index (χ1v) is 8.17. The molecule has 21 heavy (non-hydrogen) atoms. The van der Waals surface area contributed by atoms with Crippen LogP contribution in [0.4, 0.5) is 0 Å². The summed E-state index contributed by atoms with van der Waals surface area (Å²) in [4.78, 5) is 14.2. The van der Waals surface area contributed by atoms with Crippen LogP contribution in [0, 0.1) is 0 Å². The van der Waals surface area contributed by atoms with Gasteiger partial charge in [0.25, 0.3) is 0 Å². The van der Waals surface area contributed by atoms with E-state index in [1.807, 2.05) is 23.1 Å². The van der Waals surface area contributed by atoms with E-state index in [-0.39, 0.29) is 12.5 Å². The number of carbonyl (C=O) groups excluding carboxylic acids is 1. The Morgan fingerprint density at radius 3 is 2.76 bits per heavy atom. The number of nitrogens with zero attached hydrogens (tertiary/aromatic N) is 1. The lowest BCUT2D eigenvalue weighted by atomic mass is 9.91. The smallest absolute Gasteiger partial charge is 0.223 e. The van der Waals surface area contributed by atoms with Crippen molar-refractivity contribution in [2.75, 3.05) is 20.3 Å². The number of aliphatic hydroxyl groups excluding tert-OH is 1. The summed E-state index contributed by atoms with van der Waals surface area (Å²) in [5.74, 6) is 0.933. The number of ether oxygens (including phenoxy) is 1. The highest BCUT2D eigenvalue weighted by atomic mass is 79.9. The van der Waals surface area contributed by atoms with Gasteiger partial charge in [-0.25, -0.2) is 0 Å². The molecule has 0 spiro atoms. The van der Waals surface area contributed by atoms with Gasteiger partial charge in [-0.15, -0.1) is 0 Å². The molecule has 1 N–H and O–H groups in total. The number of rotatable bonds is 7. The Bertz CT molecular complexity index is 488. The van der Waals surface area contributed by atoms with Crippen molar-refractivity contribution < 1.29 is 14.6 Å². The molecule has 0 heterocycles. The first kappa shape index (κ1) is 16.3. The Kier molecular flexibility index (Phi) is 6.06. The Labute approximate surface area is 134 Å². The van der Waals surface area contributed by atoms with E-state index in [1.165, 1.54) is 6.42 Å². The predicted molar refractivity (Wildman–Crippen MR) is 85.5 cm³/mol. The zero-order valence-electron chi connectivity index (χ0n) is 12.3. The summed E-state index contributed by atoms with van der Waals surface area (Å²) in [6, 6.07) is 6.22. The van der Waals surface area contributed by atoms with Gasteiger partial charge in [-0.1, -0.05) is 6.07 Å². The van der Waals surface area contributed by atoms with Gasteiger partial charge in [-0.05, 0) is 59.3 Å². The minimum absolute atomic E-state index is 0.0380. The molecule has 0 radical (unpaired) electrons. The molecule has 1 aliphatic carbocycles. The molecule has 116 valence electrons. The highest BCUT2D eigenvalue weighted by molar-refractivity contribution is 9.10. The average molecular weight is 356 g/mol. The maximum Gasteiger partial charge on any atom is 0.223 e. The number of aryl methyl sites for hydroxylation is 1. The molecule has 5 heteroatoms. The average Bonchev–Trinajstić information content (AvgIpc) is 2.42. The fourth-order valence-corrected chi connectivity index (χ4v) is 3.17. The van der Waals surface area contributed by atoms with Gasteiger partial charge in [0.1, 0.15) is 5.75 Å². The van der Waals surface area contributed by atoms with E-state index in [0.717, 1.165) is 28.6 Å². The zero-order valence-corrected chi connectivity index (χ0v) is 13.9. The molecule has 1 aromatic carbocycles. The summed E-state index contributed by atoms with van der Waals surface area (Å²) >= 11 is 3.46. The summed E-state index contributed by atoms with van der Waals surface area (Å²) in [5.41, 5.74) is 1.11. The van der Waals surface area contributed by atoms with Crippen LogP contribution in [-0.4, -0.2) is 42.2 Å². The molecule has 1 amide bonds. The van der Waals surface area contributed by atoms with Gasteiger partial charge in [-0.2, -0.15) is 0 Å². The number of aliphatic hydroxyl groups is 1. The van der Waals surface area contributed by atoms with E-state index in [2.05, 4.69) is 15.9 Å². The lowest BCUT2D eigenvalue weighted by Crippen LogP contribution is -2.45. The van der Waals surface area contributed by atoms with E-state index in [9.17, 15) is 4.79 Å². The van der Waals surface area contributed by atoms with Crippen molar-refractivity contribution in [3.8, 4) is 5.75 Å². The van der Waals surface area contributed by atoms with E-state index in [1.54, 1.807) is 7.11 Å².